The van der Waals surface area contributed by atoms with Crippen LogP contribution in [0.1, 0.15) is 18.4 Å². The van der Waals surface area contributed by atoms with Crippen LogP contribution in [0.25, 0.3) is 0 Å². The van der Waals surface area contributed by atoms with E-state index in [1.165, 1.54) is 0 Å². The van der Waals surface area contributed by atoms with Crippen LogP contribution >= 0.6 is 11.6 Å². The maximum atomic E-state index is 12.3. The molecular weight excluding hydrogens is 260 g/mol. The zero-order chi connectivity index (χ0) is 13.8. The van der Waals surface area contributed by atoms with Gasteiger partial charge in [-0.3, -0.25) is 4.79 Å². The van der Waals surface area contributed by atoms with Crippen molar-refractivity contribution in [3.8, 4) is 0 Å². The van der Waals surface area contributed by atoms with E-state index in [1.807, 2.05) is 43.3 Å². The van der Waals surface area contributed by atoms with E-state index in [0.717, 1.165) is 36.5 Å². The van der Waals surface area contributed by atoms with Crippen molar-refractivity contribution in [2.45, 2.75) is 19.4 Å². The Morgan fingerprint density at radius 3 is 2.37 bits per heavy atom. The van der Waals surface area contributed by atoms with E-state index in [9.17, 15) is 4.79 Å². The zero-order valence-corrected chi connectivity index (χ0v) is 12.4. The Bertz CT molecular complexity index is 426. The van der Waals surface area contributed by atoms with Crippen LogP contribution in [-0.2, 0) is 11.3 Å². The molecule has 4 heteroatoms. The second-order valence-corrected chi connectivity index (χ2v) is 5.90. The molecule has 1 aromatic carbocycles. The summed E-state index contributed by atoms with van der Waals surface area (Å²) in [6.07, 6.45) is 2.11. The molecule has 0 spiro atoms. The van der Waals surface area contributed by atoms with Crippen LogP contribution in [0, 0.1) is 5.92 Å². The minimum absolute atomic E-state index is 0.273. The van der Waals surface area contributed by atoms with E-state index in [-0.39, 0.29) is 5.92 Å². The minimum atomic E-state index is 0.273. The molecule has 104 valence electrons. The van der Waals surface area contributed by atoms with Crippen LogP contribution < -0.4 is 0 Å². The first-order valence-electron chi connectivity index (χ1n) is 6.74. The highest BCUT2D eigenvalue weighted by atomic mass is 35.5. The van der Waals surface area contributed by atoms with Gasteiger partial charge in [-0.15, -0.1) is 0 Å². The summed E-state index contributed by atoms with van der Waals surface area (Å²) < 4.78 is 0. The molecule has 0 aliphatic heterocycles. The van der Waals surface area contributed by atoms with Crippen LogP contribution in [0.2, 0.25) is 5.02 Å². The van der Waals surface area contributed by atoms with Crippen LogP contribution in [0.5, 0.6) is 0 Å². The van der Waals surface area contributed by atoms with Crippen molar-refractivity contribution >= 4 is 17.5 Å². The fourth-order valence-corrected chi connectivity index (χ4v) is 2.11. The molecule has 0 heterocycles. The standard InChI is InChI=1S/C15H21ClN2O/c1-17(2)9-10-18(15(19)13-5-6-13)11-12-3-7-14(16)8-4-12/h3-4,7-8,13H,5-6,9-11H2,1-2H3. The molecule has 1 saturated carbocycles. The molecule has 0 atom stereocenters. The number of hydrogen-bond donors (Lipinski definition) is 0. The van der Waals surface area contributed by atoms with Gasteiger partial charge in [0.2, 0.25) is 5.91 Å². The monoisotopic (exact) mass is 280 g/mol. The summed E-state index contributed by atoms with van der Waals surface area (Å²) in [6.45, 7) is 2.36. The fourth-order valence-electron chi connectivity index (χ4n) is 1.99. The van der Waals surface area contributed by atoms with E-state index in [0.29, 0.717) is 12.5 Å². The van der Waals surface area contributed by atoms with Gasteiger partial charge >= 0.3 is 0 Å². The van der Waals surface area contributed by atoms with Gasteiger partial charge in [0.1, 0.15) is 0 Å². The number of carbonyl (C=O) groups is 1. The number of nitrogens with zero attached hydrogens (tertiary/aromatic N) is 2. The quantitative estimate of drug-likeness (QED) is 0.800. The molecule has 0 aromatic heterocycles. The van der Waals surface area contributed by atoms with Gasteiger partial charge in [-0.25, -0.2) is 0 Å². The number of rotatable bonds is 6. The van der Waals surface area contributed by atoms with E-state index < -0.39 is 0 Å². The van der Waals surface area contributed by atoms with Crippen LogP contribution in [0.3, 0.4) is 0 Å². The first-order chi connectivity index (χ1) is 9.06. The lowest BCUT2D eigenvalue weighted by Crippen LogP contribution is -2.37. The summed E-state index contributed by atoms with van der Waals surface area (Å²) in [6, 6.07) is 7.74. The minimum Gasteiger partial charge on any atom is -0.337 e. The SMILES string of the molecule is CN(C)CCN(Cc1ccc(Cl)cc1)C(=O)C1CC1. The molecule has 0 N–H and O–H groups in total. The van der Waals surface area contributed by atoms with Crippen LogP contribution in [0.4, 0.5) is 0 Å². The number of halogens is 1. The highest BCUT2D eigenvalue weighted by Crippen LogP contribution is 2.31. The summed E-state index contributed by atoms with van der Waals surface area (Å²) >= 11 is 5.89. The highest BCUT2D eigenvalue weighted by molar-refractivity contribution is 6.30. The Morgan fingerprint density at radius 2 is 1.84 bits per heavy atom. The molecule has 19 heavy (non-hydrogen) atoms. The third-order valence-electron chi connectivity index (χ3n) is 3.34. The Kier molecular flexibility index (Phi) is 4.83. The number of likely N-dealkylation sites (N-methyl/N-ethyl adjacent to an activating group) is 1. The molecule has 3 nitrogen and oxygen atoms in total. The Hall–Kier alpha value is -1.06. The first kappa shape index (κ1) is 14.4. The summed E-state index contributed by atoms with van der Waals surface area (Å²) in [5, 5.41) is 0.733. The summed E-state index contributed by atoms with van der Waals surface area (Å²) in [7, 11) is 4.06. The van der Waals surface area contributed by atoms with Crippen molar-refractivity contribution in [1.29, 1.82) is 0 Å². The Morgan fingerprint density at radius 1 is 1.21 bits per heavy atom. The van der Waals surface area contributed by atoms with Crippen molar-refractivity contribution in [2.24, 2.45) is 5.92 Å². The van der Waals surface area contributed by atoms with Gasteiger partial charge in [0.25, 0.3) is 0 Å². The van der Waals surface area contributed by atoms with Gasteiger partial charge in [0.15, 0.2) is 0 Å². The van der Waals surface area contributed by atoms with Gasteiger partial charge < -0.3 is 9.80 Å². The zero-order valence-electron chi connectivity index (χ0n) is 11.6. The lowest BCUT2D eigenvalue weighted by Gasteiger charge is -2.24. The molecule has 1 aromatic rings. The molecule has 0 unspecified atom stereocenters. The van der Waals surface area contributed by atoms with E-state index in [1.54, 1.807) is 0 Å². The largest absolute Gasteiger partial charge is 0.337 e. The first-order valence-corrected chi connectivity index (χ1v) is 7.12. The van der Waals surface area contributed by atoms with E-state index in [2.05, 4.69) is 4.90 Å². The second kappa shape index (κ2) is 6.40. The van der Waals surface area contributed by atoms with Crippen molar-refractivity contribution in [3.63, 3.8) is 0 Å². The lowest BCUT2D eigenvalue weighted by molar-refractivity contribution is -0.133. The molecule has 1 amide bonds. The van der Waals surface area contributed by atoms with Crippen molar-refractivity contribution in [1.82, 2.24) is 9.80 Å². The van der Waals surface area contributed by atoms with Gasteiger partial charge in [-0.2, -0.15) is 0 Å². The normalized spacial score (nSPS) is 14.7. The van der Waals surface area contributed by atoms with Crippen molar-refractivity contribution < 1.29 is 4.79 Å². The molecule has 2 rings (SSSR count). The van der Waals surface area contributed by atoms with Gasteiger partial charge in [-0.05, 0) is 44.6 Å². The highest BCUT2D eigenvalue weighted by Gasteiger charge is 2.33. The molecule has 1 aliphatic rings. The molecular formula is C15H21ClN2O. The van der Waals surface area contributed by atoms with E-state index in [4.69, 9.17) is 11.6 Å². The van der Waals surface area contributed by atoms with Gasteiger partial charge in [0.05, 0.1) is 0 Å². The van der Waals surface area contributed by atoms with Gasteiger partial charge in [-0.1, -0.05) is 23.7 Å². The average molecular weight is 281 g/mol. The number of carbonyl (C=O) groups excluding carboxylic acids is 1. The Labute approximate surface area is 120 Å². The van der Waals surface area contributed by atoms with Crippen molar-refractivity contribution in [3.05, 3.63) is 34.9 Å². The lowest BCUT2D eigenvalue weighted by atomic mass is 10.2. The predicted octanol–water partition coefficient (Wildman–Crippen LogP) is 2.64. The van der Waals surface area contributed by atoms with Crippen LogP contribution in [0.15, 0.2) is 24.3 Å². The summed E-state index contributed by atoms with van der Waals surface area (Å²) in [5.41, 5.74) is 1.14. The maximum Gasteiger partial charge on any atom is 0.226 e. The summed E-state index contributed by atoms with van der Waals surface area (Å²) in [4.78, 5) is 16.3. The third-order valence-corrected chi connectivity index (χ3v) is 3.59. The molecule has 0 bridgehead atoms. The Balaban J connectivity index is 1.99. The number of amides is 1. The molecule has 1 fully saturated rings. The topological polar surface area (TPSA) is 23.6 Å². The number of benzene rings is 1. The molecule has 0 radical (unpaired) electrons. The van der Waals surface area contributed by atoms with Crippen LogP contribution in [-0.4, -0.2) is 42.9 Å². The average Bonchev–Trinajstić information content (AvgIpc) is 3.20. The maximum absolute atomic E-state index is 12.3. The smallest absolute Gasteiger partial charge is 0.226 e. The van der Waals surface area contributed by atoms with Gasteiger partial charge in [0, 0.05) is 30.6 Å². The predicted molar refractivity (Wildman–Crippen MR) is 78.1 cm³/mol. The second-order valence-electron chi connectivity index (χ2n) is 5.46. The molecule has 1 aliphatic carbocycles. The molecule has 0 saturated heterocycles. The third kappa shape index (κ3) is 4.51. The fraction of sp³-hybridized carbons (Fsp3) is 0.533. The number of hydrogen-bond acceptors (Lipinski definition) is 2. The van der Waals surface area contributed by atoms with Crippen molar-refractivity contribution in [2.75, 3.05) is 27.2 Å². The summed E-state index contributed by atoms with van der Waals surface area (Å²) in [5.74, 6) is 0.575. The van der Waals surface area contributed by atoms with E-state index >= 15 is 0 Å².